The molecule has 1 amide bonds. The number of nitrogens with zero attached hydrogens (tertiary/aromatic N) is 1. The van der Waals surface area contributed by atoms with Crippen molar-refractivity contribution < 1.29 is 14.3 Å². The molecule has 0 aromatic heterocycles. The molecule has 0 atom stereocenters. The molecule has 116 valence electrons. The predicted octanol–water partition coefficient (Wildman–Crippen LogP) is 2.82. The van der Waals surface area contributed by atoms with Crippen molar-refractivity contribution in [3.63, 3.8) is 0 Å². The van der Waals surface area contributed by atoms with Gasteiger partial charge in [-0.1, -0.05) is 12.1 Å². The van der Waals surface area contributed by atoms with E-state index in [1.807, 2.05) is 26.0 Å². The maximum Gasteiger partial charge on any atom is 0.338 e. The molecule has 0 aliphatic carbocycles. The molecule has 0 fully saturated rings. The summed E-state index contributed by atoms with van der Waals surface area (Å²) in [4.78, 5) is 27.5. The molecule has 2 N–H and O–H groups in total. The fourth-order valence-corrected chi connectivity index (χ4v) is 2.62. The number of amides is 1. The van der Waals surface area contributed by atoms with Gasteiger partial charge < -0.3 is 10.5 Å². The Hall–Kier alpha value is -2.95. The van der Waals surface area contributed by atoms with E-state index in [-0.39, 0.29) is 12.6 Å². The van der Waals surface area contributed by atoms with E-state index in [9.17, 15) is 9.59 Å². The summed E-state index contributed by atoms with van der Waals surface area (Å²) >= 11 is 0. The lowest BCUT2D eigenvalue weighted by Crippen LogP contribution is -2.13. The second-order valence-corrected chi connectivity index (χ2v) is 5.51. The monoisotopic (exact) mass is 308 g/mol. The number of aliphatic imine (C=N–C) groups is 1. The standard InChI is InChI=1S/C18H16N2O3/c1-10-6-12(7-14(11(10)2)17(19)21)8-20-16-5-3-4-13-15(16)9-23-18(13)22/h3-8H,9H2,1-2H3,(H2,19,21). The fourth-order valence-electron chi connectivity index (χ4n) is 2.62. The minimum Gasteiger partial charge on any atom is -0.457 e. The van der Waals surface area contributed by atoms with Crippen molar-refractivity contribution in [2.24, 2.45) is 10.7 Å². The summed E-state index contributed by atoms with van der Waals surface area (Å²) in [6, 6.07) is 8.99. The molecule has 1 aliphatic heterocycles. The average molecular weight is 308 g/mol. The Kier molecular flexibility index (Phi) is 3.70. The highest BCUT2D eigenvalue weighted by Gasteiger charge is 2.23. The summed E-state index contributed by atoms with van der Waals surface area (Å²) in [5.41, 5.74) is 10.5. The number of esters is 1. The Morgan fingerprint density at radius 1 is 1.30 bits per heavy atom. The van der Waals surface area contributed by atoms with Gasteiger partial charge in [-0.25, -0.2) is 4.79 Å². The van der Waals surface area contributed by atoms with E-state index in [0.29, 0.717) is 16.8 Å². The van der Waals surface area contributed by atoms with Gasteiger partial charge in [-0.15, -0.1) is 0 Å². The number of ether oxygens (including phenoxy) is 1. The molecule has 0 spiro atoms. The van der Waals surface area contributed by atoms with Crippen LogP contribution < -0.4 is 5.73 Å². The second-order valence-electron chi connectivity index (χ2n) is 5.51. The first-order valence-electron chi connectivity index (χ1n) is 7.21. The fraction of sp³-hybridized carbons (Fsp3) is 0.167. The minimum atomic E-state index is -0.458. The lowest BCUT2D eigenvalue weighted by atomic mass is 9.99. The van der Waals surface area contributed by atoms with Gasteiger partial charge in [-0.05, 0) is 48.7 Å². The SMILES string of the molecule is Cc1cc(C=Nc2cccc3c2COC3=O)cc(C(N)=O)c1C. The van der Waals surface area contributed by atoms with Crippen molar-refractivity contribution in [1.29, 1.82) is 0 Å². The van der Waals surface area contributed by atoms with E-state index >= 15 is 0 Å². The molecule has 1 heterocycles. The van der Waals surface area contributed by atoms with Crippen molar-refractivity contribution in [1.82, 2.24) is 0 Å². The summed E-state index contributed by atoms with van der Waals surface area (Å²) < 4.78 is 5.03. The molecule has 2 aromatic carbocycles. The number of hydrogen-bond acceptors (Lipinski definition) is 4. The Labute approximate surface area is 133 Å². The zero-order chi connectivity index (χ0) is 16.6. The number of carbonyl (C=O) groups excluding carboxylic acids is 2. The molecule has 0 saturated heterocycles. The van der Waals surface area contributed by atoms with Gasteiger partial charge in [-0.2, -0.15) is 0 Å². The van der Waals surface area contributed by atoms with Crippen LogP contribution in [0.2, 0.25) is 0 Å². The number of nitrogens with two attached hydrogens (primary N) is 1. The minimum absolute atomic E-state index is 0.237. The molecule has 5 nitrogen and oxygen atoms in total. The molecule has 23 heavy (non-hydrogen) atoms. The summed E-state index contributed by atoms with van der Waals surface area (Å²) in [5.74, 6) is -0.778. The Morgan fingerprint density at radius 2 is 2.09 bits per heavy atom. The Morgan fingerprint density at radius 3 is 2.83 bits per heavy atom. The highest BCUT2D eigenvalue weighted by Crippen LogP contribution is 2.29. The number of carbonyl (C=O) groups is 2. The van der Waals surface area contributed by atoms with Crippen molar-refractivity contribution >= 4 is 23.8 Å². The van der Waals surface area contributed by atoms with E-state index in [1.165, 1.54) is 0 Å². The van der Waals surface area contributed by atoms with Crippen molar-refractivity contribution in [3.8, 4) is 0 Å². The van der Waals surface area contributed by atoms with Crippen LogP contribution in [0.5, 0.6) is 0 Å². The number of fused-ring (bicyclic) bond motifs is 1. The molecule has 5 heteroatoms. The second kappa shape index (κ2) is 5.68. The van der Waals surface area contributed by atoms with Crippen LogP contribution in [-0.4, -0.2) is 18.1 Å². The van der Waals surface area contributed by atoms with Crippen LogP contribution in [0.25, 0.3) is 0 Å². The quantitative estimate of drug-likeness (QED) is 0.699. The highest BCUT2D eigenvalue weighted by molar-refractivity contribution is 5.98. The average Bonchev–Trinajstić information content (AvgIpc) is 2.90. The van der Waals surface area contributed by atoms with Crippen LogP contribution in [0.4, 0.5) is 5.69 Å². The van der Waals surface area contributed by atoms with Gasteiger partial charge in [-0.3, -0.25) is 9.79 Å². The summed E-state index contributed by atoms with van der Waals surface area (Å²) in [5, 5.41) is 0. The van der Waals surface area contributed by atoms with E-state index in [1.54, 1.807) is 24.4 Å². The zero-order valence-electron chi connectivity index (χ0n) is 12.9. The molecule has 0 bridgehead atoms. The van der Waals surface area contributed by atoms with E-state index in [4.69, 9.17) is 10.5 Å². The summed E-state index contributed by atoms with van der Waals surface area (Å²) in [7, 11) is 0. The molecule has 1 aliphatic rings. The normalized spacial score (nSPS) is 13.2. The first kappa shape index (κ1) is 15.0. The summed E-state index contributed by atoms with van der Waals surface area (Å²) in [6.45, 7) is 4.02. The van der Waals surface area contributed by atoms with Crippen LogP contribution in [0.1, 0.15) is 43.0 Å². The molecular formula is C18H16N2O3. The number of benzene rings is 2. The predicted molar refractivity (Wildman–Crippen MR) is 87.2 cm³/mol. The number of aryl methyl sites for hydroxylation is 1. The zero-order valence-corrected chi connectivity index (χ0v) is 12.9. The molecular weight excluding hydrogens is 292 g/mol. The van der Waals surface area contributed by atoms with E-state index < -0.39 is 5.91 Å². The first-order valence-corrected chi connectivity index (χ1v) is 7.21. The van der Waals surface area contributed by atoms with Crippen molar-refractivity contribution in [3.05, 3.63) is 63.7 Å². The molecule has 0 unspecified atom stereocenters. The smallest absolute Gasteiger partial charge is 0.338 e. The van der Waals surface area contributed by atoms with Gasteiger partial charge in [0.25, 0.3) is 0 Å². The summed E-state index contributed by atoms with van der Waals surface area (Å²) in [6.07, 6.45) is 1.66. The molecule has 3 rings (SSSR count). The molecule has 0 saturated carbocycles. The van der Waals surface area contributed by atoms with Gasteiger partial charge >= 0.3 is 5.97 Å². The van der Waals surface area contributed by atoms with Gasteiger partial charge in [0.05, 0.1) is 11.3 Å². The largest absolute Gasteiger partial charge is 0.457 e. The van der Waals surface area contributed by atoms with E-state index in [2.05, 4.69) is 4.99 Å². The third-order valence-corrected chi connectivity index (χ3v) is 4.03. The third kappa shape index (κ3) is 2.73. The lowest BCUT2D eigenvalue weighted by Gasteiger charge is -2.07. The number of primary amides is 1. The third-order valence-electron chi connectivity index (χ3n) is 4.03. The van der Waals surface area contributed by atoms with Gasteiger partial charge in [0.2, 0.25) is 5.91 Å². The van der Waals surface area contributed by atoms with Gasteiger partial charge in [0.15, 0.2) is 0 Å². The number of rotatable bonds is 3. The number of cyclic esters (lactones) is 1. The van der Waals surface area contributed by atoms with Crippen LogP contribution in [0.15, 0.2) is 35.3 Å². The molecule has 0 radical (unpaired) electrons. The van der Waals surface area contributed by atoms with Crippen LogP contribution >= 0.6 is 0 Å². The lowest BCUT2D eigenvalue weighted by molar-refractivity contribution is 0.0535. The number of hydrogen-bond donors (Lipinski definition) is 1. The van der Waals surface area contributed by atoms with Crippen molar-refractivity contribution in [2.75, 3.05) is 0 Å². The van der Waals surface area contributed by atoms with E-state index in [0.717, 1.165) is 22.3 Å². The Balaban J connectivity index is 1.99. The molecule has 2 aromatic rings. The first-order chi connectivity index (χ1) is 11.0. The topological polar surface area (TPSA) is 81.8 Å². The maximum absolute atomic E-state index is 11.6. The van der Waals surface area contributed by atoms with Gasteiger partial charge in [0, 0.05) is 17.3 Å². The maximum atomic E-state index is 11.6. The highest BCUT2D eigenvalue weighted by atomic mass is 16.5. The van der Waals surface area contributed by atoms with Crippen LogP contribution in [-0.2, 0) is 11.3 Å². The van der Waals surface area contributed by atoms with Crippen LogP contribution in [0.3, 0.4) is 0 Å². The van der Waals surface area contributed by atoms with Gasteiger partial charge in [0.1, 0.15) is 6.61 Å². The Bertz CT molecular complexity index is 854. The van der Waals surface area contributed by atoms with Crippen LogP contribution in [0, 0.1) is 13.8 Å². The van der Waals surface area contributed by atoms with Crippen molar-refractivity contribution in [2.45, 2.75) is 20.5 Å².